The van der Waals surface area contributed by atoms with E-state index < -0.39 is 0 Å². The average Bonchev–Trinajstić information content (AvgIpc) is 2.65. The fourth-order valence-electron chi connectivity index (χ4n) is 3.28. The summed E-state index contributed by atoms with van der Waals surface area (Å²) in [4.78, 5) is 18.9. The van der Waals surface area contributed by atoms with Crippen LogP contribution in [0.1, 0.15) is 62.4 Å². The van der Waals surface area contributed by atoms with Crippen LogP contribution in [-0.4, -0.2) is 48.6 Å². The summed E-state index contributed by atoms with van der Waals surface area (Å²) in [7, 11) is 0. The van der Waals surface area contributed by atoms with Crippen molar-refractivity contribution in [2.24, 2.45) is 10.7 Å². The molecular weight excluding hydrogens is 340 g/mol. The number of hydrogen-bond donors (Lipinski definition) is 2. The van der Waals surface area contributed by atoms with Gasteiger partial charge in [0, 0.05) is 25.2 Å². The molecule has 0 bridgehead atoms. The minimum atomic E-state index is 0.0558. The number of unbranched alkanes of at least 4 members (excludes halogenated alkanes) is 3. The number of hydrogen-bond acceptors (Lipinski definition) is 3. The Hall–Kier alpha value is -2.08. The second-order valence-electron chi connectivity index (χ2n) is 7.35. The molecule has 0 saturated carbocycles. The van der Waals surface area contributed by atoms with Crippen LogP contribution >= 0.6 is 0 Å². The quantitative estimate of drug-likeness (QED) is 0.416. The van der Waals surface area contributed by atoms with Crippen molar-refractivity contribution in [1.82, 2.24) is 10.2 Å². The molecule has 0 aromatic heterocycles. The van der Waals surface area contributed by atoms with Gasteiger partial charge >= 0.3 is 0 Å². The minimum absolute atomic E-state index is 0.0558. The SMILES string of the molecule is CCCCCCNC(N)=NCc1ccc(C(=O)N2CC(C)OC(C)C2)cc1. The van der Waals surface area contributed by atoms with Crippen LogP contribution in [0.2, 0.25) is 0 Å². The van der Waals surface area contributed by atoms with E-state index in [4.69, 9.17) is 10.5 Å². The Morgan fingerprint density at radius 3 is 2.48 bits per heavy atom. The molecule has 1 aromatic carbocycles. The Bertz CT molecular complexity index is 605. The highest BCUT2D eigenvalue weighted by atomic mass is 16.5. The van der Waals surface area contributed by atoms with Crippen molar-refractivity contribution in [1.29, 1.82) is 0 Å². The molecule has 1 fully saturated rings. The maximum atomic E-state index is 12.7. The van der Waals surface area contributed by atoms with Gasteiger partial charge in [-0.1, -0.05) is 38.3 Å². The van der Waals surface area contributed by atoms with E-state index in [1.807, 2.05) is 43.0 Å². The summed E-state index contributed by atoms with van der Waals surface area (Å²) in [6, 6.07) is 7.62. The van der Waals surface area contributed by atoms with Crippen molar-refractivity contribution in [3.8, 4) is 0 Å². The highest BCUT2D eigenvalue weighted by Gasteiger charge is 2.26. The average molecular weight is 375 g/mol. The molecule has 1 heterocycles. The number of morpholine rings is 1. The number of nitrogens with two attached hydrogens (primary N) is 1. The van der Waals surface area contributed by atoms with Gasteiger partial charge in [0.25, 0.3) is 5.91 Å². The molecule has 2 atom stereocenters. The number of nitrogens with one attached hydrogen (secondary N) is 1. The van der Waals surface area contributed by atoms with Gasteiger partial charge in [-0.15, -0.1) is 0 Å². The number of ether oxygens (including phenoxy) is 1. The molecule has 1 amide bonds. The Labute approximate surface area is 163 Å². The lowest BCUT2D eigenvalue weighted by Crippen LogP contribution is -2.48. The van der Waals surface area contributed by atoms with Gasteiger partial charge < -0.3 is 20.7 Å². The third-order valence-electron chi connectivity index (χ3n) is 4.68. The first kappa shape index (κ1) is 21.2. The van der Waals surface area contributed by atoms with E-state index in [0.29, 0.717) is 31.2 Å². The van der Waals surface area contributed by atoms with Crippen LogP contribution in [0.15, 0.2) is 29.3 Å². The molecule has 1 saturated heterocycles. The van der Waals surface area contributed by atoms with E-state index >= 15 is 0 Å². The van der Waals surface area contributed by atoms with Gasteiger partial charge in [0.05, 0.1) is 18.8 Å². The first-order valence-corrected chi connectivity index (χ1v) is 10.1. The minimum Gasteiger partial charge on any atom is -0.372 e. The van der Waals surface area contributed by atoms with E-state index in [1.165, 1.54) is 19.3 Å². The predicted octanol–water partition coefficient (Wildman–Crippen LogP) is 2.92. The van der Waals surface area contributed by atoms with Gasteiger partial charge in [-0.2, -0.15) is 0 Å². The molecule has 27 heavy (non-hydrogen) atoms. The fraction of sp³-hybridized carbons (Fsp3) is 0.619. The van der Waals surface area contributed by atoms with E-state index in [0.717, 1.165) is 18.5 Å². The maximum Gasteiger partial charge on any atom is 0.254 e. The molecule has 150 valence electrons. The van der Waals surface area contributed by atoms with Crippen LogP contribution < -0.4 is 11.1 Å². The number of carbonyl (C=O) groups excluding carboxylic acids is 1. The molecule has 2 unspecified atom stereocenters. The first-order chi connectivity index (χ1) is 13.0. The third-order valence-corrected chi connectivity index (χ3v) is 4.68. The highest BCUT2D eigenvalue weighted by Crippen LogP contribution is 2.15. The summed E-state index contributed by atoms with van der Waals surface area (Å²) < 4.78 is 5.70. The number of rotatable bonds is 8. The van der Waals surface area contributed by atoms with Gasteiger partial charge in [-0.3, -0.25) is 4.79 Å². The van der Waals surface area contributed by atoms with Crippen LogP contribution in [0, 0.1) is 0 Å². The Balaban J connectivity index is 1.82. The number of amides is 1. The van der Waals surface area contributed by atoms with Crippen molar-refractivity contribution in [2.75, 3.05) is 19.6 Å². The number of benzene rings is 1. The van der Waals surface area contributed by atoms with Gasteiger partial charge in [0.1, 0.15) is 0 Å². The zero-order valence-corrected chi connectivity index (χ0v) is 16.9. The molecule has 3 N–H and O–H groups in total. The molecule has 0 radical (unpaired) electrons. The zero-order valence-electron chi connectivity index (χ0n) is 16.9. The van der Waals surface area contributed by atoms with Crippen LogP contribution in [0.3, 0.4) is 0 Å². The summed E-state index contributed by atoms with van der Waals surface area (Å²) >= 11 is 0. The van der Waals surface area contributed by atoms with Crippen LogP contribution in [0.4, 0.5) is 0 Å². The molecule has 6 heteroatoms. The number of guanidine groups is 1. The summed E-state index contributed by atoms with van der Waals surface area (Å²) in [5.74, 6) is 0.531. The largest absolute Gasteiger partial charge is 0.372 e. The van der Waals surface area contributed by atoms with E-state index in [-0.39, 0.29) is 18.1 Å². The molecular formula is C21H34N4O2. The summed E-state index contributed by atoms with van der Waals surface area (Å²) in [6.07, 6.45) is 4.96. The highest BCUT2D eigenvalue weighted by molar-refractivity contribution is 5.94. The topological polar surface area (TPSA) is 79.9 Å². The first-order valence-electron chi connectivity index (χ1n) is 10.1. The monoisotopic (exact) mass is 374 g/mol. The van der Waals surface area contributed by atoms with Crippen molar-refractivity contribution in [3.63, 3.8) is 0 Å². The van der Waals surface area contributed by atoms with Crippen LogP contribution in [0.5, 0.6) is 0 Å². The smallest absolute Gasteiger partial charge is 0.254 e. The molecule has 0 spiro atoms. The lowest BCUT2D eigenvalue weighted by molar-refractivity contribution is -0.0586. The second-order valence-corrected chi connectivity index (χ2v) is 7.35. The van der Waals surface area contributed by atoms with Crippen molar-refractivity contribution in [3.05, 3.63) is 35.4 Å². The number of nitrogens with zero attached hydrogens (tertiary/aromatic N) is 2. The maximum absolute atomic E-state index is 12.7. The van der Waals surface area contributed by atoms with Gasteiger partial charge in [-0.05, 0) is 38.0 Å². The lowest BCUT2D eigenvalue weighted by Gasteiger charge is -2.35. The molecule has 1 aliphatic rings. The van der Waals surface area contributed by atoms with Crippen LogP contribution in [-0.2, 0) is 11.3 Å². The molecule has 6 nitrogen and oxygen atoms in total. The van der Waals surface area contributed by atoms with Gasteiger partial charge in [0.2, 0.25) is 0 Å². The molecule has 1 aliphatic heterocycles. The van der Waals surface area contributed by atoms with Gasteiger partial charge in [0.15, 0.2) is 5.96 Å². The molecule has 1 aromatic rings. The predicted molar refractivity (Wildman–Crippen MR) is 110 cm³/mol. The Kier molecular flexibility index (Phi) is 8.58. The van der Waals surface area contributed by atoms with Crippen molar-refractivity contribution < 1.29 is 9.53 Å². The van der Waals surface area contributed by atoms with E-state index in [1.54, 1.807) is 0 Å². The Morgan fingerprint density at radius 1 is 1.19 bits per heavy atom. The standard InChI is InChI=1S/C21H34N4O2/c1-4-5-6-7-12-23-21(22)24-13-18-8-10-19(11-9-18)20(26)25-14-16(2)27-17(3)15-25/h8-11,16-17H,4-7,12-15H2,1-3H3,(H3,22,23,24). The normalized spacial score (nSPS) is 20.6. The molecule has 2 rings (SSSR count). The van der Waals surface area contributed by atoms with Crippen LogP contribution in [0.25, 0.3) is 0 Å². The van der Waals surface area contributed by atoms with Crippen molar-refractivity contribution >= 4 is 11.9 Å². The third kappa shape index (κ3) is 7.21. The summed E-state index contributed by atoms with van der Waals surface area (Å²) in [6.45, 7) is 8.83. The summed E-state index contributed by atoms with van der Waals surface area (Å²) in [5, 5.41) is 3.15. The molecule has 0 aliphatic carbocycles. The summed E-state index contributed by atoms with van der Waals surface area (Å²) in [5.41, 5.74) is 7.64. The zero-order chi connectivity index (χ0) is 19.6. The van der Waals surface area contributed by atoms with Crippen molar-refractivity contribution in [2.45, 2.75) is 65.2 Å². The number of carbonyl (C=O) groups is 1. The van der Waals surface area contributed by atoms with E-state index in [2.05, 4.69) is 17.2 Å². The number of aliphatic imine (C=N–C) groups is 1. The Morgan fingerprint density at radius 2 is 1.85 bits per heavy atom. The second kappa shape index (κ2) is 10.9. The van der Waals surface area contributed by atoms with E-state index in [9.17, 15) is 4.79 Å². The van der Waals surface area contributed by atoms with Gasteiger partial charge in [-0.25, -0.2) is 4.99 Å². The lowest BCUT2D eigenvalue weighted by atomic mass is 10.1. The fourth-order valence-corrected chi connectivity index (χ4v) is 3.28.